The number of carbonyl (C=O) groups is 1. The van der Waals surface area contributed by atoms with Crippen LogP contribution in [0.25, 0.3) is 11.1 Å². The van der Waals surface area contributed by atoms with Crippen molar-refractivity contribution < 1.29 is 32.5 Å². The normalized spacial score (nSPS) is 15.2. The number of likely N-dealkylation sites (N-methyl/N-ethyl adjacent to an activating group) is 1. The van der Waals surface area contributed by atoms with E-state index in [4.69, 9.17) is 19.4 Å². The van der Waals surface area contributed by atoms with Crippen molar-refractivity contribution in [1.29, 1.82) is 0 Å². The molecule has 0 aliphatic carbocycles. The number of fused-ring (bicyclic) bond motifs is 1. The summed E-state index contributed by atoms with van der Waals surface area (Å²) in [6.45, 7) is 9.81. The molecule has 3 aromatic rings. The van der Waals surface area contributed by atoms with Crippen LogP contribution < -0.4 is 20.1 Å². The summed E-state index contributed by atoms with van der Waals surface area (Å²) in [5.41, 5.74) is 6.40. The highest BCUT2D eigenvalue weighted by atomic mass is 19.4. The molecule has 8 nitrogen and oxygen atoms in total. The van der Waals surface area contributed by atoms with Crippen LogP contribution >= 0.6 is 0 Å². The van der Waals surface area contributed by atoms with E-state index in [1.54, 1.807) is 0 Å². The average molecular weight is 601 g/mol. The van der Waals surface area contributed by atoms with E-state index in [0.717, 1.165) is 37.7 Å². The number of alkyl halides is 3. The van der Waals surface area contributed by atoms with Crippen molar-refractivity contribution in [3.63, 3.8) is 0 Å². The first-order valence-electron chi connectivity index (χ1n) is 14.4. The van der Waals surface area contributed by atoms with Gasteiger partial charge in [0.2, 0.25) is 6.79 Å². The van der Waals surface area contributed by atoms with Crippen LogP contribution in [0.3, 0.4) is 0 Å². The minimum absolute atomic E-state index is 0.312. The third kappa shape index (κ3) is 10.2. The molecule has 2 heterocycles. The van der Waals surface area contributed by atoms with E-state index >= 15 is 0 Å². The molecule has 0 saturated carbocycles. The van der Waals surface area contributed by atoms with E-state index in [0.29, 0.717) is 6.79 Å². The molecule has 2 aliphatic heterocycles. The fourth-order valence-electron chi connectivity index (χ4n) is 4.93. The molecule has 0 amide bonds. The summed E-state index contributed by atoms with van der Waals surface area (Å²) in [6.07, 6.45) is -3.89. The number of nitrogens with one attached hydrogen (secondary N) is 2. The lowest BCUT2D eigenvalue weighted by Crippen LogP contribution is -2.45. The molecule has 1 saturated heterocycles. The van der Waals surface area contributed by atoms with Crippen molar-refractivity contribution in [2.75, 3.05) is 53.1 Å². The minimum Gasteiger partial charge on any atom is -0.475 e. The van der Waals surface area contributed by atoms with Gasteiger partial charge in [-0.05, 0) is 72.6 Å². The van der Waals surface area contributed by atoms with Gasteiger partial charge < -0.3 is 35.0 Å². The fourth-order valence-corrected chi connectivity index (χ4v) is 4.93. The highest BCUT2D eigenvalue weighted by Gasteiger charge is 2.38. The van der Waals surface area contributed by atoms with E-state index < -0.39 is 12.1 Å². The van der Waals surface area contributed by atoms with Crippen molar-refractivity contribution in [1.82, 2.24) is 20.4 Å². The highest BCUT2D eigenvalue weighted by molar-refractivity contribution is 5.73. The van der Waals surface area contributed by atoms with Gasteiger partial charge in [-0.2, -0.15) is 13.2 Å². The van der Waals surface area contributed by atoms with Crippen LogP contribution in [0.2, 0.25) is 0 Å². The van der Waals surface area contributed by atoms with Crippen molar-refractivity contribution in [2.45, 2.75) is 32.2 Å². The molecule has 43 heavy (non-hydrogen) atoms. The van der Waals surface area contributed by atoms with E-state index in [-0.39, 0.29) is 0 Å². The zero-order valence-corrected chi connectivity index (χ0v) is 24.3. The summed E-state index contributed by atoms with van der Waals surface area (Å²) >= 11 is 0. The molecule has 0 radical (unpaired) electrons. The SMILES string of the molecule is CN1CCN(CCCNCc2ccccc2-c2cccc(CNCc3ccc4c(c3)OCO4)c2)CC1.O=C(O)C(F)(F)F. The van der Waals surface area contributed by atoms with Gasteiger partial charge >= 0.3 is 12.1 Å². The topological polar surface area (TPSA) is 86.3 Å². The molecule has 3 N–H and O–H groups in total. The minimum atomic E-state index is -5.08. The monoisotopic (exact) mass is 600 g/mol. The molecule has 0 aromatic heterocycles. The number of benzene rings is 3. The number of halogens is 3. The summed E-state index contributed by atoms with van der Waals surface area (Å²) in [4.78, 5) is 13.9. The van der Waals surface area contributed by atoms with Gasteiger partial charge in [-0.25, -0.2) is 4.79 Å². The summed E-state index contributed by atoms with van der Waals surface area (Å²) in [6, 6.07) is 23.8. The van der Waals surface area contributed by atoms with Crippen molar-refractivity contribution in [2.24, 2.45) is 0 Å². The van der Waals surface area contributed by atoms with Gasteiger partial charge in [0.25, 0.3) is 0 Å². The largest absolute Gasteiger partial charge is 0.490 e. The van der Waals surface area contributed by atoms with Crippen LogP contribution in [0.1, 0.15) is 23.1 Å². The van der Waals surface area contributed by atoms with Crippen molar-refractivity contribution >= 4 is 5.97 Å². The second-order valence-corrected chi connectivity index (χ2v) is 10.6. The van der Waals surface area contributed by atoms with Gasteiger partial charge in [0.05, 0.1) is 0 Å². The Morgan fingerprint density at radius 2 is 1.56 bits per heavy atom. The molecule has 5 rings (SSSR count). The number of ether oxygens (including phenoxy) is 2. The molecule has 0 spiro atoms. The second-order valence-electron chi connectivity index (χ2n) is 10.6. The predicted octanol–water partition coefficient (Wildman–Crippen LogP) is 4.73. The van der Waals surface area contributed by atoms with Crippen LogP contribution in [-0.2, 0) is 24.4 Å². The van der Waals surface area contributed by atoms with Crippen LogP contribution in [0.4, 0.5) is 13.2 Å². The van der Waals surface area contributed by atoms with Crippen molar-refractivity contribution in [3.8, 4) is 22.6 Å². The molecule has 0 unspecified atom stereocenters. The number of piperazine rings is 1. The quantitative estimate of drug-likeness (QED) is 0.273. The van der Waals surface area contributed by atoms with E-state index in [1.807, 2.05) is 6.07 Å². The first kappa shape index (κ1) is 32.3. The molecule has 11 heteroatoms. The Labute approximate surface area is 250 Å². The first-order chi connectivity index (χ1) is 20.7. The standard InChI is InChI=1S/C30H38N4O2.C2HF3O2/c1-33-14-16-34(17-15-33)13-5-12-31-22-27-7-2-3-9-28(27)26-8-4-6-24(18-26)20-32-21-25-10-11-29-30(19-25)36-23-35-29;3-2(4,5)1(6)7/h2-4,6-11,18-19,31-32H,5,12-17,20-23H2,1H3;(H,6,7). The van der Waals surface area contributed by atoms with Crippen LogP contribution in [0, 0.1) is 0 Å². The summed E-state index contributed by atoms with van der Waals surface area (Å²) in [5, 5.41) is 14.4. The lowest BCUT2D eigenvalue weighted by Gasteiger charge is -2.32. The predicted molar refractivity (Wildman–Crippen MR) is 159 cm³/mol. The Morgan fingerprint density at radius 1 is 0.860 bits per heavy atom. The fraction of sp³-hybridized carbons (Fsp3) is 0.406. The molecular formula is C32H39F3N4O4. The lowest BCUT2D eigenvalue weighted by molar-refractivity contribution is -0.192. The van der Waals surface area contributed by atoms with Gasteiger partial charge in [0.15, 0.2) is 11.5 Å². The Hall–Kier alpha value is -3.64. The average Bonchev–Trinajstić information content (AvgIpc) is 3.46. The Bertz CT molecular complexity index is 1330. The number of hydrogen-bond donors (Lipinski definition) is 3. The van der Waals surface area contributed by atoms with Crippen LogP contribution in [0.15, 0.2) is 66.7 Å². The number of rotatable bonds is 11. The van der Waals surface area contributed by atoms with Crippen molar-refractivity contribution in [3.05, 3.63) is 83.4 Å². The molecule has 0 atom stereocenters. The molecular weight excluding hydrogens is 561 g/mol. The molecule has 1 fully saturated rings. The third-order valence-electron chi connectivity index (χ3n) is 7.33. The zero-order chi connectivity index (χ0) is 30.7. The number of carboxylic acids is 1. The van der Waals surface area contributed by atoms with Crippen LogP contribution in [0.5, 0.6) is 11.5 Å². The number of nitrogens with zero attached hydrogens (tertiary/aromatic N) is 2. The Morgan fingerprint density at radius 3 is 2.30 bits per heavy atom. The molecule has 0 bridgehead atoms. The number of carboxylic acid groups (broad SMARTS) is 1. The van der Waals surface area contributed by atoms with E-state index in [2.05, 4.69) is 88.1 Å². The van der Waals surface area contributed by atoms with E-state index in [9.17, 15) is 13.2 Å². The molecule has 3 aromatic carbocycles. The van der Waals surface area contributed by atoms with Gasteiger partial charge in [0, 0.05) is 45.8 Å². The molecule has 2 aliphatic rings. The van der Waals surface area contributed by atoms with Gasteiger partial charge in [-0.15, -0.1) is 0 Å². The first-order valence-corrected chi connectivity index (χ1v) is 14.4. The second kappa shape index (κ2) is 15.7. The Kier molecular flexibility index (Phi) is 11.8. The number of hydrogen-bond acceptors (Lipinski definition) is 7. The zero-order valence-electron chi connectivity index (χ0n) is 24.3. The van der Waals surface area contributed by atoms with E-state index in [1.165, 1.54) is 67.0 Å². The Balaban J connectivity index is 0.000000541. The smallest absolute Gasteiger partial charge is 0.475 e. The summed E-state index contributed by atoms with van der Waals surface area (Å²) < 4.78 is 42.6. The highest BCUT2D eigenvalue weighted by Crippen LogP contribution is 2.32. The molecule has 232 valence electrons. The number of aliphatic carboxylic acids is 1. The maximum absolute atomic E-state index is 10.6. The summed E-state index contributed by atoms with van der Waals surface area (Å²) in [5.74, 6) is -1.09. The van der Waals surface area contributed by atoms with Gasteiger partial charge in [0.1, 0.15) is 0 Å². The lowest BCUT2D eigenvalue weighted by atomic mass is 9.98. The summed E-state index contributed by atoms with van der Waals surface area (Å²) in [7, 11) is 2.21. The van der Waals surface area contributed by atoms with Crippen LogP contribution in [-0.4, -0.2) is 80.2 Å². The maximum Gasteiger partial charge on any atom is 0.490 e. The third-order valence-corrected chi connectivity index (χ3v) is 7.33. The van der Waals surface area contributed by atoms with Gasteiger partial charge in [-0.3, -0.25) is 0 Å². The van der Waals surface area contributed by atoms with Gasteiger partial charge in [-0.1, -0.05) is 48.5 Å². The maximum atomic E-state index is 10.6.